The fourth-order valence-electron chi connectivity index (χ4n) is 8.90. The Bertz CT molecular complexity index is 2510. The SMILES string of the molecule is COc1cc2c(N[C@H](C)c3cccc(C(F)(F)CO)c3)nc(C)nc2c(CCCCCCCCN2CCN(C(=O)COc3ccc4c(C5CCC(=O)NC5=O)nn(C)c4c3)CC2)c1OC. The monoisotopic (exact) mass is 898 g/mol. The zero-order valence-electron chi connectivity index (χ0n) is 37.9. The topological polar surface area (TPSA) is 173 Å². The summed E-state index contributed by atoms with van der Waals surface area (Å²) in [5.74, 6) is -1.62. The summed E-state index contributed by atoms with van der Waals surface area (Å²) in [6.07, 6.45) is 7.80. The lowest BCUT2D eigenvalue weighted by molar-refractivity contribution is -0.135. The molecule has 3 amide bonds. The van der Waals surface area contributed by atoms with Crippen LogP contribution in [0.5, 0.6) is 17.2 Å². The lowest BCUT2D eigenvalue weighted by Crippen LogP contribution is -2.50. The number of hydrogen-bond acceptors (Lipinski definition) is 12. The lowest BCUT2D eigenvalue weighted by atomic mass is 9.93. The van der Waals surface area contributed by atoms with Crippen LogP contribution in [0, 0.1) is 6.92 Å². The number of anilines is 1. The van der Waals surface area contributed by atoms with E-state index in [-0.39, 0.29) is 42.4 Å². The van der Waals surface area contributed by atoms with Gasteiger partial charge in [0.2, 0.25) is 11.8 Å². The zero-order chi connectivity index (χ0) is 46.3. The van der Waals surface area contributed by atoms with Crippen molar-refractivity contribution in [3.8, 4) is 17.2 Å². The van der Waals surface area contributed by atoms with Crippen molar-refractivity contribution in [2.45, 2.75) is 89.5 Å². The fraction of sp³-hybridized carbons (Fsp3) is 0.500. The van der Waals surface area contributed by atoms with Gasteiger partial charge >= 0.3 is 0 Å². The summed E-state index contributed by atoms with van der Waals surface area (Å²) in [5, 5.41) is 21.2. The highest BCUT2D eigenvalue weighted by Crippen LogP contribution is 2.41. The Morgan fingerprint density at radius 1 is 0.969 bits per heavy atom. The number of rotatable bonds is 20. The van der Waals surface area contributed by atoms with Gasteiger partial charge in [-0.05, 0) is 75.9 Å². The third-order valence-electron chi connectivity index (χ3n) is 12.6. The number of nitrogens with zero attached hydrogens (tertiary/aromatic N) is 6. The molecule has 3 aromatic carbocycles. The van der Waals surface area contributed by atoms with Gasteiger partial charge in [0.1, 0.15) is 24.0 Å². The van der Waals surface area contributed by atoms with Gasteiger partial charge in [-0.2, -0.15) is 13.9 Å². The molecular formula is C48H60F2N8O7. The van der Waals surface area contributed by atoms with Gasteiger partial charge in [0.05, 0.1) is 36.9 Å². The number of piperazine rings is 1. The Morgan fingerprint density at radius 2 is 1.72 bits per heavy atom. The number of imide groups is 1. The van der Waals surface area contributed by atoms with E-state index < -0.39 is 18.4 Å². The summed E-state index contributed by atoms with van der Waals surface area (Å²) in [6, 6.07) is 13.0. The molecule has 1 unspecified atom stereocenters. The fourth-order valence-corrected chi connectivity index (χ4v) is 8.90. The molecular weight excluding hydrogens is 839 g/mol. The first-order chi connectivity index (χ1) is 31.3. The number of aliphatic hydroxyl groups is 1. The second-order valence-corrected chi connectivity index (χ2v) is 17.0. The second kappa shape index (κ2) is 20.9. The highest BCUT2D eigenvalue weighted by molar-refractivity contribution is 6.02. The van der Waals surface area contributed by atoms with E-state index in [4.69, 9.17) is 24.2 Å². The molecule has 5 aromatic rings. The molecule has 348 valence electrons. The third kappa shape index (κ3) is 11.0. The Kier molecular flexibility index (Phi) is 15.1. The van der Waals surface area contributed by atoms with E-state index in [1.54, 1.807) is 44.1 Å². The van der Waals surface area contributed by atoms with Crippen molar-refractivity contribution < 1.29 is 42.5 Å². The Morgan fingerprint density at radius 3 is 2.45 bits per heavy atom. The minimum absolute atomic E-state index is 0.0541. The molecule has 0 saturated carbocycles. The molecule has 2 aliphatic heterocycles. The van der Waals surface area contributed by atoms with Crippen molar-refractivity contribution >= 4 is 45.3 Å². The van der Waals surface area contributed by atoms with Gasteiger partial charge in [-0.1, -0.05) is 43.9 Å². The van der Waals surface area contributed by atoms with E-state index in [0.29, 0.717) is 59.7 Å². The molecule has 0 bridgehead atoms. The Balaban J connectivity index is 0.840. The summed E-state index contributed by atoms with van der Waals surface area (Å²) in [6.45, 7) is 6.31. The van der Waals surface area contributed by atoms with Crippen molar-refractivity contribution in [2.75, 3.05) is 65.5 Å². The molecule has 17 heteroatoms. The summed E-state index contributed by atoms with van der Waals surface area (Å²) in [4.78, 5) is 51.0. The van der Waals surface area contributed by atoms with Gasteiger partial charge in [-0.3, -0.25) is 29.3 Å². The number of piperidine rings is 1. The average molecular weight is 899 g/mol. The number of aliphatic hydroxyl groups excluding tert-OH is 1. The maximum absolute atomic E-state index is 14.3. The minimum atomic E-state index is -3.34. The second-order valence-electron chi connectivity index (χ2n) is 17.0. The number of carbonyl (C=O) groups is 3. The maximum atomic E-state index is 14.3. The molecule has 0 aliphatic carbocycles. The molecule has 15 nitrogen and oxygen atoms in total. The average Bonchev–Trinajstić information content (AvgIpc) is 3.63. The quantitative estimate of drug-likeness (QED) is 0.0557. The summed E-state index contributed by atoms with van der Waals surface area (Å²) in [5.41, 5.74) is 3.49. The van der Waals surface area contributed by atoms with Crippen LogP contribution in [-0.2, 0) is 33.8 Å². The first-order valence-electron chi connectivity index (χ1n) is 22.5. The Hall–Kier alpha value is -5.94. The van der Waals surface area contributed by atoms with Crippen molar-refractivity contribution in [2.24, 2.45) is 7.05 Å². The lowest BCUT2D eigenvalue weighted by Gasteiger charge is -2.34. The van der Waals surface area contributed by atoms with Crippen LogP contribution >= 0.6 is 0 Å². The number of halogens is 2. The van der Waals surface area contributed by atoms with Crippen molar-refractivity contribution in [3.63, 3.8) is 0 Å². The number of aromatic nitrogens is 4. The number of amides is 3. The van der Waals surface area contributed by atoms with E-state index in [0.717, 1.165) is 91.9 Å². The number of fused-ring (bicyclic) bond motifs is 2. The normalized spacial score (nSPS) is 16.5. The van der Waals surface area contributed by atoms with Crippen LogP contribution in [0.25, 0.3) is 21.8 Å². The zero-order valence-corrected chi connectivity index (χ0v) is 37.9. The van der Waals surface area contributed by atoms with Gasteiger partial charge in [-0.15, -0.1) is 0 Å². The molecule has 65 heavy (non-hydrogen) atoms. The van der Waals surface area contributed by atoms with E-state index in [1.165, 1.54) is 12.1 Å². The number of benzene rings is 3. The number of aryl methyl sites for hydroxylation is 3. The van der Waals surface area contributed by atoms with Gasteiger partial charge in [-0.25, -0.2) is 9.97 Å². The molecule has 4 heterocycles. The van der Waals surface area contributed by atoms with E-state index in [1.807, 2.05) is 36.9 Å². The molecule has 0 spiro atoms. The molecule has 2 aliphatic rings. The van der Waals surface area contributed by atoms with E-state index in [9.17, 15) is 28.3 Å². The largest absolute Gasteiger partial charge is 0.493 e. The van der Waals surface area contributed by atoms with Crippen LogP contribution in [0.4, 0.5) is 14.6 Å². The van der Waals surface area contributed by atoms with Gasteiger partial charge in [0.15, 0.2) is 18.1 Å². The van der Waals surface area contributed by atoms with Crippen molar-refractivity contribution in [1.29, 1.82) is 0 Å². The van der Waals surface area contributed by atoms with Crippen LogP contribution in [0.3, 0.4) is 0 Å². The number of methoxy groups -OCH3 is 2. The van der Waals surface area contributed by atoms with Crippen molar-refractivity contribution in [3.05, 3.63) is 76.7 Å². The number of ether oxygens (including phenoxy) is 3. The van der Waals surface area contributed by atoms with Crippen LogP contribution in [-0.4, -0.2) is 113 Å². The molecule has 3 N–H and O–H groups in total. The molecule has 2 atom stereocenters. The van der Waals surface area contributed by atoms with Gasteiger partial charge in [0.25, 0.3) is 11.8 Å². The standard InChI is InChI=1S/C48H60F2N8O7/c1-30(32-13-12-14-33(25-32)48(49,50)29-59)51-46-38-27-40(63-4)45(64-5)36(43(38)52-31(2)53-46)15-10-8-6-7-9-11-20-57-21-23-58(24-22-57)42(61)28-65-34-16-17-35-39(26-34)56(3)55-44(35)37-18-19-41(60)54-47(37)62/h12-14,16-17,25-27,30,37,59H,6-11,15,18-24,28-29H2,1-5H3,(H,51,52,53)(H,54,60,62)/t30-,37?/m1/s1. The predicted molar refractivity (Wildman–Crippen MR) is 243 cm³/mol. The first kappa shape index (κ1) is 47.0. The third-order valence-corrected chi connectivity index (χ3v) is 12.6. The molecule has 7 rings (SSSR count). The Labute approximate surface area is 377 Å². The van der Waals surface area contributed by atoms with Crippen molar-refractivity contribution in [1.82, 2.24) is 34.9 Å². The minimum Gasteiger partial charge on any atom is -0.493 e. The van der Waals surface area contributed by atoms with Crippen LogP contribution in [0.15, 0.2) is 48.5 Å². The molecule has 2 fully saturated rings. The number of nitrogens with one attached hydrogen (secondary N) is 2. The summed E-state index contributed by atoms with van der Waals surface area (Å²) >= 11 is 0. The summed E-state index contributed by atoms with van der Waals surface area (Å²) in [7, 11) is 5.02. The van der Waals surface area contributed by atoms with Gasteiger partial charge in [0, 0.05) is 73.7 Å². The van der Waals surface area contributed by atoms with Crippen LogP contribution in [0.2, 0.25) is 0 Å². The number of unbranched alkanes of at least 4 members (excludes halogenated alkanes) is 5. The number of carbonyl (C=O) groups excluding carboxylic acids is 3. The van der Waals surface area contributed by atoms with Gasteiger partial charge < -0.3 is 29.5 Å². The maximum Gasteiger partial charge on any atom is 0.295 e. The molecule has 2 saturated heterocycles. The van der Waals surface area contributed by atoms with Crippen LogP contribution < -0.4 is 24.8 Å². The molecule has 0 radical (unpaired) electrons. The predicted octanol–water partition coefficient (Wildman–Crippen LogP) is 6.73. The van der Waals surface area contributed by atoms with E-state index >= 15 is 0 Å². The number of hydrogen-bond donors (Lipinski definition) is 3. The molecule has 2 aromatic heterocycles. The summed E-state index contributed by atoms with van der Waals surface area (Å²) < 4.78 is 47.9. The smallest absolute Gasteiger partial charge is 0.295 e. The first-order valence-corrected chi connectivity index (χ1v) is 22.5. The highest BCUT2D eigenvalue weighted by atomic mass is 19.3. The van der Waals surface area contributed by atoms with E-state index in [2.05, 4.69) is 20.6 Å². The number of alkyl halides is 2. The highest BCUT2D eigenvalue weighted by Gasteiger charge is 2.33. The van der Waals surface area contributed by atoms with Crippen LogP contribution in [0.1, 0.15) is 98.5 Å².